The molecular formula is C21H18F2O3. The van der Waals surface area contributed by atoms with E-state index >= 15 is 0 Å². The average Bonchev–Trinajstić information content (AvgIpc) is 2.89. The highest BCUT2D eigenvalue weighted by atomic mass is 19.1. The van der Waals surface area contributed by atoms with Crippen LogP contribution in [-0.4, -0.2) is 18.7 Å². The van der Waals surface area contributed by atoms with E-state index in [9.17, 15) is 18.4 Å². The van der Waals surface area contributed by atoms with Crippen molar-refractivity contribution in [3.63, 3.8) is 0 Å². The SMILES string of the molecule is C/C=C/[C@@H]1CC(=O)C(c2c(F)cc(-c3ccc(F)cc3)cc2OC)C1=O. The summed E-state index contributed by atoms with van der Waals surface area (Å²) < 4.78 is 33.3. The zero-order valence-electron chi connectivity index (χ0n) is 14.5. The van der Waals surface area contributed by atoms with Crippen molar-refractivity contribution in [1.82, 2.24) is 0 Å². The highest BCUT2D eigenvalue weighted by molar-refractivity contribution is 6.15. The Hall–Kier alpha value is -2.82. The second-order valence-corrected chi connectivity index (χ2v) is 6.22. The van der Waals surface area contributed by atoms with Gasteiger partial charge in [-0.2, -0.15) is 0 Å². The topological polar surface area (TPSA) is 43.4 Å². The summed E-state index contributed by atoms with van der Waals surface area (Å²) in [6, 6.07) is 8.41. The molecule has 134 valence electrons. The molecule has 0 heterocycles. The van der Waals surface area contributed by atoms with Crippen molar-refractivity contribution in [2.75, 3.05) is 7.11 Å². The molecule has 5 heteroatoms. The highest BCUT2D eigenvalue weighted by Crippen LogP contribution is 2.41. The maximum Gasteiger partial charge on any atom is 0.155 e. The minimum Gasteiger partial charge on any atom is -0.496 e. The van der Waals surface area contributed by atoms with Crippen LogP contribution in [0.5, 0.6) is 5.75 Å². The highest BCUT2D eigenvalue weighted by Gasteiger charge is 2.43. The van der Waals surface area contributed by atoms with Crippen LogP contribution in [0.4, 0.5) is 8.78 Å². The summed E-state index contributed by atoms with van der Waals surface area (Å²) in [7, 11) is 1.36. The Morgan fingerprint density at radius 1 is 1.08 bits per heavy atom. The van der Waals surface area contributed by atoms with Crippen LogP contribution in [0, 0.1) is 17.6 Å². The third-order valence-electron chi connectivity index (χ3n) is 4.60. The molecule has 26 heavy (non-hydrogen) atoms. The third-order valence-corrected chi connectivity index (χ3v) is 4.60. The summed E-state index contributed by atoms with van der Waals surface area (Å²) in [6.45, 7) is 1.77. The monoisotopic (exact) mass is 356 g/mol. The van der Waals surface area contributed by atoms with E-state index in [1.807, 2.05) is 0 Å². The lowest BCUT2D eigenvalue weighted by Crippen LogP contribution is -2.17. The number of halogens is 2. The molecule has 2 aromatic rings. The fourth-order valence-electron chi connectivity index (χ4n) is 3.36. The lowest BCUT2D eigenvalue weighted by atomic mass is 9.91. The fourth-order valence-corrected chi connectivity index (χ4v) is 3.36. The molecule has 3 nitrogen and oxygen atoms in total. The molecule has 1 aliphatic rings. The second kappa shape index (κ2) is 7.20. The van der Waals surface area contributed by atoms with E-state index < -0.39 is 23.5 Å². The van der Waals surface area contributed by atoms with Gasteiger partial charge in [0.05, 0.1) is 7.11 Å². The lowest BCUT2D eigenvalue weighted by Gasteiger charge is -2.16. The summed E-state index contributed by atoms with van der Waals surface area (Å²) in [5, 5.41) is 0. The first-order valence-electron chi connectivity index (χ1n) is 8.29. The molecule has 1 aliphatic carbocycles. The van der Waals surface area contributed by atoms with E-state index in [0.29, 0.717) is 11.1 Å². The van der Waals surface area contributed by atoms with Gasteiger partial charge in [0.1, 0.15) is 29.1 Å². The van der Waals surface area contributed by atoms with Gasteiger partial charge in [0.2, 0.25) is 0 Å². The van der Waals surface area contributed by atoms with E-state index in [4.69, 9.17) is 4.74 Å². The standard InChI is InChI=1S/C21H18F2O3/c1-3-4-13-10-17(24)20(21(13)25)19-16(23)9-14(11-18(19)26-2)12-5-7-15(22)8-6-12/h3-9,11,13,20H,10H2,1-2H3/b4-3+/t13-,20?/m1/s1. The number of carbonyl (C=O) groups is 2. The number of ether oxygens (including phenoxy) is 1. The largest absolute Gasteiger partial charge is 0.496 e. The zero-order chi connectivity index (χ0) is 18.8. The third kappa shape index (κ3) is 3.17. The van der Waals surface area contributed by atoms with Crippen LogP contribution in [-0.2, 0) is 9.59 Å². The molecule has 0 saturated heterocycles. The van der Waals surface area contributed by atoms with Crippen LogP contribution in [0.2, 0.25) is 0 Å². The molecule has 2 atom stereocenters. The van der Waals surface area contributed by atoms with E-state index in [2.05, 4.69) is 0 Å². The number of carbonyl (C=O) groups excluding carboxylic acids is 2. The predicted molar refractivity (Wildman–Crippen MR) is 94.0 cm³/mol. The minimum atomic E-state index is -1.16. The second-order valence-electron chi connectivity index (χ2n) is 6.22. The Kier molecular flexibility index (Phi) is 4.98. The van der Waals surface area contributed by atoms with E-state index in [1.165, 1.54) is 37.4 Å². The fraction of sp³-hybridized carbons (Fsp3) is 0.238. The predicted octanol–water partition coefficient (Wildman–Crippen LogP) is 4.46. The van der Waals surface area contributed by atoms with Gasteiger partial charge in [-0.25, -0.2) is 8.78 Å². The van der Waals surface area contributed by atoms with Crippen molar-refractivity contribution in [3.05, 3.63) is 65.7 Å². The first-order valence-corrected chi connectivity index (χ1v) is 8.29. The normalized spacial score (nSPS) is 20.2. The summed E-state index contributed by atoms with van der Waals surface area (Å²) >= 11 is 0. The Balaban J connectivity index is 2.07. The maximum absolute atomic E-state index is 14.9. The van der Waals surface area contributed by atoms with Crippen molar-refractivity contribution >= 4 is 11.6 Å². The Labute approximate surface area is 150 Å². The van der Waals surface area contributed by atoms with Gasteiger partial charge in [0, 0.05) is 17.9 Å². The van der Waals surface area contributed by atoms with Crippen LogP contribution < -0.4 is 4.74 Å². The van der Waals surface area contributed by atoms with Gasteiger partial charge in [0.15, 0.2) is 5.78 Å². The average molecular weight is 356 g/mol. The molecule has 1 saturated carbocycles. The van der Waals surface area contributed by atoms with Gasteiger partial charge in [-0.3, -0.25) is 9.59 Å². The van der Waals surface area contributed by atoms with Gasteiger partial charge >= 0.3 is 0 Å². The maximum atomic E-state index is 14.9. The zero-order valence-corrected chi connectivity index (χ0v) is 14.5. The summed E-state index contributed by atoms with van der Waals surface area (Å²) in [4.78, 5) is 24.9. The van der Waals surface area contributed by atoms with Gasteiger partial charge in [-0.15, -0.1) is 0 Å². The molecule has 1 unspecified atom stereocenters. The Morgan fingerprint density at radius 2 is 1.77 bits per heavy atom. The quantitative estimate of drug-likeness (QED) is 0.600. The molecule has 0 aromatic heterocycles. The molecule has 1 fully saturated rings. The number of methoxy groups -OCH3 is 1. The molecule has 0 spiro atoms. The minimum absolute atomic E-state index is 0.0274. The molecule has 3 rings (SSSR count). The number of ketones is 2. The van der Waals surface area contributed by atoms with Gasteiger partial charge in [-0.05, 0) is 42.3 Å². The number of hydrogen-bond donors (Lipinski definition) is 0. The molecular weight excluding hydrogens is 338 g/mol. The smallest absolute Gasteiger partial charge is 0.155 e. The summed E-state index contributed by atoms with van der Waals surface area (Å²) in [5.41, 5.74) is 1.05. The molecule has 0 N–H and O–H groups in total. The van der Waals surface area contributed by atoms with E-state index in [0.717, 1.165) is 0 Å². The van der Waals surface area contributed by atoms with Crippen LogP contribution >= 0.6 is 0 Å². The van der Waals surface area contributed by atoms with Crippen molar-refractivity contribution in [1.29, 1.82) is 0 Å². The number of hydrogen-bond acceptors (Lipinski definition) is 3. The molecule has 0 radical (unpaired) electrons. The van der Waals surface area contributed by atoms with E-state index in [1.54, 1.807) is 25.1 Å². The Morgan fingerprint density at radius 3 is 2.38 bits per heavy atom. The lowest BCUT2D eigenvalue weighted by molar-refractivity contribution is -0.124. The van der Waals surface area contributed by atoms with Gasteiger partial charge in [0.25, 0.3) is 0 Å². The number of rotatable bonds is 4. The van der Waals surface area contributed by atoms with Crippen molar-refractivity contribution < 1.29 is 23.1 Å². The van der Waals surface area contributed by atoms with E-state index in [-0.39, 0.29) is 29.3 Å². The van der Waals surface area contributed by atoms with Crippen molar-refractivity contribution in [3.8, 4) is 16.9 Å². The molecule has 0 amide bonds. The van der Waals surface area contributed by atoms with Crippen molar-refractivity contribution in [2.24, 2.45) is 5.92 Å². The number of Topliss-reactive ketones (excluding diaryl/α,β-unsaturated/α-hetero) is 2. The first kappa shape index (κ1) is 18.0. The van der Waals surface area contributed by atoms with Gasteiger partial charge in [-0.1, -0.05) is 24.3 Å². The van der Waals surface area contributed by atoms with Crippen LogP contribution in [0.3, 0.4) is 0 Å². The summed E-state index contributed by atoms with van der Waals surface area (Å²) in [5.74, 6) is -3.26. The van der Waals surface area contributed by atoms with Crippen LogP contribution in [0.25, 0.3) is 11.1 Å². The summed E-state index contributed by atoms with van der Waals surface area (Å²) in [6.07, 6.45) is 3.44. The first-order chi connectivity index (χ1) is 12.5. The van der Waals surface area contributed by atoms with Crippen LogP contribution in [0.1, 0.15) is 24.8 Å². The van der Waals surface area contributed by atoms with Crippen molar-refractivity contribution in [2.45, 2.75) is 19.3 Å². The van der Waals surface area contributed by atoms with Crippen LogP contribution in [0.15, 0.2) is 48.6 Å². The molecule has 0 aliphatic heterocycles. The van der Waals surface area contributed by atoms with Gasteiger partial charge < -0.3 is 4.74 Å². The molecule has 0 bridgehead atoms. The number of benzene rings is 2. The number of allylic oxidation sites excluding steroid dienone is 2. The molecule has 2 aromatic carbocycles. The Bertz CT molecular complexity index is 885.